The van der Waals surface area contributed by atoms with Crippen LogP contribution < -0.4 is 0 Å². The minimum absolute atomic E-state index is 0.0641. The molecule has 0 aliphatic heterocycles. The predicted molar refractivity (Wildman–Crippen MR) is 253 cm³/mol. The molecule has 36 heteroatoms. The lowest BCUT2D eigenvalue weighted by Crippen LogP contribution is -2.12. The Morgan fingerprint density at radius 1 is 0.202 bits per heavy atom. The van der Waals surface area contributed by atoms with Crippen LogP contribution in [0.4, 0.5) is 158 Å². The third-order valence-electron chi connectivity index (χ3n) is 13.3. The average molecular weight is 1400 g/mol. The standard InChI is InChI=1S/C16H9F9.C15H7F9.C14H5F9.C13H3F9/c1-3-4(2)5-8(17)10(19)6(11(20)9(5)18)7-12(21)14(23)16(25)15(24)13(7)22;1-2-3-4-7(16)9(18)5(10(19)8(4)17)6-11(20)13(22)15(24)14(23)12(6)21;1-2-3-6(15)8(17)4(9(18)7(3)16)5-10(19)12(21)14(23)13(22)11(5)20;1-2-5(14)7(16)3(8(17)6(2)15)4-9(18)11(20)13(22)12(21)10(4)19/h4H,3H2,1-2H3;2-3H2,1H3;2H2,1H3;1H3. The van der Waals surface area contributed by atoms with E-state index < -0.39 is 295 Å². The van der Waals surface area contributed by atoms with Gasteiger partial charge in [-0.05, 0) is 32.1 Å². The van der Waals surface area contributed by atoms with Gasteiger partial charge in [0, 0.05) is 22.3 Å². The molecule has 0 aliphatic rings. The van der Waals surface area contributed by atoms with Gasteiger partial charge in [-0.15, -0.1) is 0 Å². The van der Waals surface area contributed by atoms with Crippen LogP contribution in [-0.4, -0.2) is 0 Å². The Morgan fingerprint density at radius 2 is 0.362 bits per heavy atom. The molecule has 508 valence electrons. The summed E-state index contributed by atoms with van der Waals surface area (Å²) >= 11 is 0. The van der Waals surface area contributed by atoms with Crippen LogP contribution in [0.1, 0.15) is 68.7 Å². The van der Waals surface area contributed by atoms with Gasteiger partial charge in [0.15, 0.2) is 186 Å². The molecule has 0 heterocycles. The van der Waals surface area contributed by atoms with Crippen molar-refractivity contribution in [1.29, 1.82) is 0 Å². The summed E-state index contributed by atoms with van der Waals surface area (Å²) in [6.45, 7) is 5.89. The Hall–Kier alpha value is -8.76. The molecule has 94 heavy (non-hydrogen) atoms. The summed E-state index contributed by atoms with van der Waals surface area (Å²) in [6, 6.07) is 0. The van der Waals surface area contributed by atoms with E-state index in [0.717, 1.165) is 6.92 Å². The lowest BCUT2D eigenvalue weighted by Gasteiger charge is -2.17. The van der Waals surface area contributed by atoms with Crippen molar-refractivity contribution in [3.63, 3.8) is 0 Å². The largest absolute Gasteiger partial charge is 0.203 e. The van der Waals surface area contributed by atoms with E-state index in [0.29, 0.717) is 6.92 Å². The SMILES string of the molecule is CCC(C)c1c(F)c(F)c(-c2c(F)c(F)c(F)c(F)c2F)c(F)c1F.CCCc1c(F)c(F)c(-c2c(F)c(F)c(F)c(F)c2F)c(F)c1F.CCc1c(F)c(F)c(-c2c(F)c(F)c(F)c(F)c2F)c(F)c1F.Cc1c(F)c(F)c(-c2c(F)c(F)c(F)c(F)c2F)c(F)c1F. The summed E-state index contributed by atoms with van der Waals surface area (Å²) in [6.07, 6.45) is -0.811. The van der Waals surface area contributed by atoms with Crippen LogP contribution in [-0.2, 0) is 12.8 Å². The van der Waals surface area contributed by atoms with Crippen molar-refractivity contribution < 1.29 is 158 Å². The quantitative estimate of drug-likeness (QED) is 0.0768. The fraction of sp³-hybridized carbons (Fsp3) is 0.172. The molecule has 8 aromatic rings. The highest BCUT2D eigenvalue weighted by molar-refractivity contribution is 5.71. The Morgan fingerprint density at radius 3 is 0.543 bits per heavy atom. The van der Waals surface area contributed by atoms with E-state index in [1.165, 1.54) is 20.8 Å². The molecule has 0 spiro atoms. The first-order valence-corrected chi connectivity index (χ1v) is 24.9. The Kier molecular flexibility index (Phi) is 23.3. The Balaban J connectivity index is 0.000000227. The molecule has 0 N–H and O–H groups in total. The summed E-state index contributed by atoms with van der Waals surface area (Å²) in [5.41, 5.74) is -20.6. The molecule has 0 bridgehead atoms. The second kappa shape index (κ2) is 28.8. The van der Waals surface area contributed by atoms with Gasteiger partial charge in [-0.1, -0.05) is 34.1 Å². The van der Waals surface area contributed by atoms with Gasteiger partial charge in [-0.3, -0.25) is 0 Å². The highest BCUT2D eigenvalue weighted by Gasteiger charge is 2.39. The summed E-state index contributed by atoms with van der Waals surface area (Å²) in [5.74, 6) is -86.1. The van der Waals surface area contributed by atoms with Crippen molar-refractivity contribution in [3.05, 3.63) is 232 Å². The van der Waals surface area contributed by atoms with Gasteiger partial charge in [-0.25, -0.2) is 158 Å². The van der Waals surface area contributed by atoms with E-state index in [9.17, 15) is 158 Å². The molecule has 1 unspecified atom stereocenters. The van der Waals surface area contributed by atoms with Gasteiger partial charge in [0.1, 0.15) is 0 Å². The summed E-state index contributed by atoms with van der Waals surface area (Å²) in [7, 11) is 0. The zero-order chi connectivity index (χ0) is 72.1. The maximum absolute atomic E-state index is 14.2. The molecule has 0 nitrogen and oxygen atoms in total. The van der Waals surface area contributed by atoms with E-state index in [1.807, 2.05) is 0 Å². The van der Waals surface area contributed by atoms with Crippen LogP contribution in [0.3, 0.4) is 0 Å². The number of hydrogen-bond donors (Lipinski definition) is 0. The molecule has 0 fully saturated rings. The van der Waals surface area contributed by atoms with E-state index in [1.54, 1.807) is 0 Å². The Labute approximate surface area is 499 Å². The maximum atomic E-state index is 14.2. The monoisotopic (exact) mass is 1400 g/mol. The van der Waals surface area contributed by atoms with Gasteiger partial charge >= 0.3 is 0 Å². The van der Waals surface area contributed by atoms with Gasteiger partial charge < -0.3 is 0 Å². The highest BCUT2D eigenvalue weighted by atomic mass is 19.2. The molecule has 0 saturated carbocycles. The fourth-order valence-electron chi connectivity index (χ4n) is 8.34. The number of rotatable bonds is 9. The van der Waals surface area contributed by atoms with Crippen molar-refractivity contribution >= 4 is 0 Å². The van der Waals surface area contributed by atoms with E-state index in [4.69, 9.17) is 0 Å². The molecule has 0 radical (unpaired) electrons. The van der Waals surface area contributed by atoms with Crippen LogP contribution >= 0.6 is 0 Å². The van der Waals surface area contributed by atoms with Crippen LogP contribution in [0, 0.1) is 216 Å². The fourth-order valence-corrected chi connectivity index (χ4v) is 8.34. The van der Waals surface area contributed by atoms with Crippen LogP contribution in [0.2, 0.25) is 0 Å². The van der Waals surface area contributed by atoms with Crippen molar-refractivity contribution in [2.24, 2.45) is 0 Å². The molecule has 0 aliphatic carbocycles. The van der Waals surface area contributed by atoms with E-state index in [-0.39, 0.29) is 12.8 Å². The molecule has 8 rings (SSSR count). The normalized spacial score (nSPS) is 11.6. The lowest BCUT2D eigenvalue weighted by atomic mass is 9.92. The van der Waals surface area contributed by atoms with E-state index >= 15 is 0 Å². The van der Waals surface area contributed by atoms with Crippen molar-refractivity contribution in [3.8, 4) is 44.5 Å². The van der Waals surface area contributed by atoms with Gasteiger partial charge in [0.2, 0.25) is 23.3 Å². The summed E-state index contributed by atoms with van der Waals surface area (Å²) < 4.78 is 487. The van der Waals surface area contributed by atoms with Crippen molar-refractivity contribution in [2.75, 3.05) is 0 Å². The zero-order valence-corrected chi connectivity index (χ0v) is 46.0. The van der Waals surface area contributed by atoms with Gasteiger partial charge in [0.05, 0.1) is 44.5 Å². The molecule has 0 saturated heterocycles. The minimum atomic E-state index is -2.59. The first kappa shape index (κ1) is 76.0. The zero-order valence-electron chi connectivity index (χ0n) is 46.0. The first-order chi connectivity index (χ1) is 43.5. The summed E-state index contributed by atoms with van der Waals surface area (Å²) in [5, 5.41) is 0. The molecule has 1 atom stereocenters. The summed E-state index contributed by atoms with van der Waals surface area (Å²) in [4.78, 5) is 0. The Bertz CT molecular complexity index is 4100. The second-order valence-corrected chi connectivity index (χ2v) is 18.7. The van der Waals surface area contributed by atoms with Crippen LogP contribution in [0.15, 0.2) is 0 Å². The maximum Gasteiger partial charge on any atom is 0.200 e. The smallest absolute Gasteiger partial charge is 0.200 e. The predicted octanol–water partition coefficient (Wildman–Crippen LogP) is 21.8. The lowest BCUT2D eigenvalue weighted by molar-refractivity contribution is 0.378. The molecule has 0 aromatic heterocycles. The number of hydrogen-bond acceptors (Lipinski definition) is 0. The van der Waals surface area contributed by atoms with Crippen LogP contribution in [0.5, 0.6) is 0 Å². The highest BCUT2D eigenvalue weighted by Crippen LogP contribution is 2.44. The number of benzene rings is 8. The van der Waals surface area contributed by atoms with Crippen molar-refractivity contribution in [1.82, 2.24) is 0 Å². The van der Waals surface area contributed by atoms with Gasteiger partial charge in [-0.2, -0.15) is 0 Å². The minimum Gasteiger partial charge on any atom is -0.203 e. The number of halogens is 36. The van der Waals surface area contributed by atoms with E-state index in [2.05, 4.69) is 0 Å². The molecule has 0 amide bonds. The first-order valence-electron chi connectivity index (χ1n) is 24.9. The third kappa shape index (κ3) is 12.7. The molecule has 8 aromatic carbocycles. The average Bonchev–Trinajstić information content (AvgIpc) is 0.770. The van der Waals surface area contributed by atoms with Crippen molar-refractivity contribution in [2.45, 2.75) is 66.2 Å². The third-order valence-corrected chi connectivity index (χ3v) is 13.3. The topological polar surface area (TPSA) is 0 Å². The van der Waals surface area contributed by atoms with Crippen LogP contribution in [0.25, 0.3) is 44.5 Å². The molecular formula is C58H24F36. The molecular weight excluding hydrogens is 1380 g/mol. The second-order valence-electron chi connectivity index (χ2n) is 18.7. The van der Waals surface area contributed by atoms with Gasteiger partial charge in [0.25, 0.3) is 0 Å².